The Hall–Kier alpha value is -3.65. The van der Waals surface area contributed by atoms with E-state index < -0.39 is 12.0 Å². The van der Waals surface area contributed by atoms with Crippen molar-refractivity contribution in [2.75, 3.05) is 13.2 Å². The van der Waals surface area contributed by atoms with E-state index in [2.05, 4.69) is 46.5 Å². The van der Waals surface area contributed by atoms with E-state index >= 15 is 0 Å². The Kier molecular flexibility index (Phi) is 8.37. The summed E-state index contributed by atoms with van der Waals surface area (Å²) in [4.78, 5) is 32.4. The number of phenols is 1. The average Bonchev–Trinajstić information content (AvgIpc) is 3.17. The Morgan fingerprint density at radius 2 is 1.61 bits per heavy atom. The Bertz CT molecular complexity index is 1640. The zero-order valence-electron chi connectivity index (χ0n) is 25.4. The summed E-state index contributed by atoms with van der Waals surface area (Å²) in [5.41, 5.74) is 3.21. The second kappa shape index (κ2) is 11.3. The van der Waals surface area contributed by atoms with Gasteiger partial charge in [0.15, 0.2) is 4.80 Å². The molecule has 1 aromatic heterocycles. The molecular weight excluding hydrogens is 536 g/mol. The highest BCUT2D eigenvalue weighted by Gasteiger charge is 2.33. The molecule has 2 heterocycles. The molecule has 0 aliphatic carbocycles. The quantitative estimate of drug-likeness (QED) is 0.392. The summed E-state index contributed by atoms with van der Waals surface area (Å²) in [5, 5.41) is 11.2. The predicted octanol–water partition coefficient (Wildman–Crippen LogP) is 5.50. The van der Waals surface area contributed by atoms with E-state index in [0.29, 0.717) is 33.0 Å². The van der Waals surface area contributed by atoms with Gasteiger partial charge in [-0.15, -0.1) is 0 Å². The highest BCUT2D eigenvalue weighted by molar-refractivity contribution is 7.07. The zero-order valence-corrected chi connectivity index (χ0v) is 26.2. The maximum atomic E-state index is 14.1. The van der Waals surface area contributed by atoms with Gasteiger partial charge in [-0.05, 0) is 73.1 Å². The standard InChI is InChI=1S/C33H40N2O5S/c1-10-39-22-14-12-21(13-15-22)27-26(30(38)40-11-2)19(3)34-31-35(27)29(37)25(41-31)18-20-16-23(32(4,5)6)28(36)24(17-20)33(7,8)9/h12-18,27,36H,10-11H2,1-9H3/b25-18+/t27-/m1/s1. The van der Waals surface area contributed by atoms with Crippen LogP contribution < -0.4 is 19.6 Å². The first-order valence-corrected chi connectivity index (χ1v) is 14.8. The zero-order chi connectivity index (χ0) is 30.3. The van der Waals surface area contributed by atoms with Crippen molar-refractivity contribution >= 4 is 23.4 Å². The first-order valence-electron chi connectivity index (χ1n) is 14.0. The molecule has 0 spiro atoms. The van der Waals surface area contributed by atoms with Gasteiger partial charge in [0.25, 0.3) is 5.56 Å². The smallest absolute Gasteiger partial charge is 0.338 e. The fraction of sp³-hybridized carbons (Fsp3) is 0.424. The van der Waals surface area contributed by atoms with Gasteiger partial charge in [0.1, 0.15) is 11.5 Å². The van der Waals surface area contributed by atoms with Gasteiger partial charge < -0.3 is 14.6 Å². The van der Waals surface area contributed by atoms with Crippen LogP contribution in [0, 0.1) is 0 Å². The van der Waals surface area contributed by atoms with Crippen molar-refractivity contribution in [1.29, 1.82) is 0 Å². The third-order valence-corrected chi connectivity index (χ3v) is 8.05. The number of carbonyl (C=O) groups is 1. The molecule has 4 rings (SSSR count). The number of aromatic hydroxyl groups is 1. The number of esters is 1. The molecule has 0 amide bonds. The molecule has 0 fully saturated rings. The number of aromatic nitrogens is 1. The molecule has 0 unspecified atom stereocenters. The third kappa shape index (κ3) is 6.03. The number of fused-ring (bicyclic) bond motifs is 1. The molecule has 218 valence electrons. The second-order valence-corrected chi connectivity index (χ2v) is 13.3. The average molecular weight is 577 g/mol. The van der Waals surface area contributed by atoms with E-state index in [1.165, 1.54) is 11.3 Å². The Morgan fingerprint density at radius 3 is 2.12 bits per heavy atom. The first kappa shape index (κ1) is 30.3. The maximum Gasteiger partial charge on any atom is 0.338 e. The summed E-state index contributed by atoms with van der Waals surface area (Å²) in [6.07, 6.45) is 1.85. The van der Waals surface area contributed by atoms with E-state index in [4.69, 9.17) is 9.47 Å². The Labute approximate surface area is 245 Å². The van der Waals surface area contributed by atoms with Crippen molar-refractivity contribution in [1.82, 2.24) is 4.57 Å². The van der Waals surface area contributed by atoms with Crippen LogP contribution in [-0.4, -0.2) is 28.9 Å². The number of rotatable bonds is 6. The van der Waals surface area contributed by atoms with E-state index in [1.54, 1.807) is 18.4 Å². The van der Waals surface area contributed by atoms with Crippen LogP contribution in [0.4, 0.5) is 0 Å². The van der Waals surface area contributed by atoms with E-state index in [1.807, 2.05) is 49.4 Å². The van der Waals surface area contributed by atoms with Crippen molar-refractivity contribution in [3.8, 4) is 11.5 Å². The molecule has 2 aromatic carbocycles. The number of allylic oxidation sites excluding steroid dienone is 1. The highest BCUT2D eigenvalue weighted by Crippen LogP contribution is 2.40. The fourth-order valence-corrected chi connectivity index (χ4v) is 6.10. The van der Waals surface area contributed by atoms with Crippen LogP contribution in [0.25, 0.3) is 6.08 Å². The summed E-state index contributed by atoms with van der Waals surface area (Å²) in [7, 11) is 0. The summed E-state index contributed by atoms with van der Waals surface area (Å²) in [6.45, 7) is 18.5. The number of benzene rings is 2. The summed E-state index contributed by atoms with van der Waals surface area (Å²) >= 11 is 1.28. The lowest BCUT2D eigenvalue weighted by atomic mass is 9.78. The van der Waals surface area contributed by atoms with Crippen molar-refractivity contribution < 1.29 is 19.4 Å². The number of carbonyl (C=O) groups excluding carboxylic acids is 1. The largest absolute Gasteiger partial charge is 0.507 e. The number of phenolic OH excluding ortho intramolecular Hbond substituents is 1. The number of ether oxygens (including phenoxy) is 2. The monoisotopic (exact) mass is 576 g/mol. The molecule has 0 radical (unpaired) electrons. The molecule has 1 N–H and O–H groups in total. The van der Waals surface area contributed by atoms with E-state index in [-0.39, 0.29) is 28.7 Å². The van der Waals surface area contributed by atoms with Crippen molar-refractivity contribution in [3.63, 3.8) is 0 Å². The van der Waals surface area contributed by atoms with Crippen molar-refractivity contribution in [3.05, 3.63) is 89.6 Å². The first-order chi connectivity index (χ1) is 19.2. The predicted molar refractivity (Wildman–Crippen MR) is 164 cm³/mol. The van der Waals surface area contributed by atoms with Gasteiger partial charge in [0, 0.05) is 11.1 Å². The minimum Gasteiger partial charge on any atom is -0.507 e. The lowest BCUT2D eigenvalue weighted by Gasteiger charge is -2.27. The van der Waals surface area contributed by atoms with Crippen molar-refractivity contribution in [2.24, 2.45) is 4.99 Å². The van der Waals surface area contributed by atoms with Crippen LogP contribution in [0.5, 0.6) is 11.5 Å². The van der Waals surface area contributed by atoms with Crippen molar-refractivity contribution in [2.45, 2.75) is 79.2 Å². The lowest BCUT2D eigenvalue weighted by Crippen LogP contribution is -2.39. The molecule has 1 aliphatic heterocycles. The fourth-order valence-electron chi connectivity index (χ4n) is 5.05. The third-order valence-electron chi connectivity index (χ3n) is 7.07. The SMILES string of the molecule is CCOC(=O)C1=C(C)N=c2s/c(=C/c3cc(C(C)(C)C)c(O)c(C(C)(C)C)c3)c(=O)n2[C@@H]1c1ccc(OCC)cc1. The van der Waals surface area contributed by atoms with Gasteiger partial charge in [-0.2, -0.15) is 0 Å². The van der Waals surface area contributed by atoms with Gasteiger partial charge in [-0.1, -0.05) is 65.0 Å². The second-order valence-electron chi connectivity index (χ2n) is 12.3. The molecule has 1 aliphatic rings. The van der Waals surface area contributed by atoms with Gasteiger partial charge in [-0.3, -0.25) is 9.36 Å². The lowest BCUT2D eigenvalue weighted by molar-refractivity contribution is -0.139. The molecule has 7 nitrogen and oxygen atoms in total. The van der Waals surface area contributed by atoms with Gasteiger partial charge >= 0.3 is 5.97 Å². The number of hydrogen-bond donors (Lipinski definition) is 1. The number of hydrogen-bond acceptors (Lipinski definition) is 7. The summed E-state index contributed by atoms with van der Waals surface area (Å²) in [5.74, 6) is 0.498. The number of nitrogens with zero attached hydrogens (tertiary/aromatic N) is 2. The summed E-state index contributed by atoms with van der Waals surface area (Å²) < 4.78 is 13.1. The Morgan fingerprint density at radius 1 is 1.02 bits per heavy atom. The maximum absolute atomic E-state index is 14.1. The highest BCUT2D eigenvalue weighted by atomic mass is 32.1. The minimum atomic E-state index is -0.696. The van der Waals surface area contributed by atoms with Crippen LogP contribution in [0.1, 0.15) is 90.6 Å². The number of thiazole rings is 1. The van der Waals surface area contributed by atoms with Crippen LogP contribution in [0.2, 0.25) is 0 Å². The topological polar surface area (TPSA) is 90.1 Å². The molecule has 8 heteroatoms. The van der Waals surface area contributed by atoms with Gasteiger partial charge in [-0.25, -0.2) is 9.79 Å². The molecule has 0 bridgehead atoms. The normalized spacial score (nSPS) is 15.9. The molecule has 0 saturated carbocycles. The minimum absolute atomic E-state index is 0.211. The molecule has 41 heavy (non-hydrogen) atoms. The molecular formula is C33H40N2O5S. The van der Waals surface area contributed by atoms with Crippen LogP contribution >= 0.6 is 11.3 Å². The van der Waals surface area contributed by atoms with Gasteiger partial charge in [0.05, 0.1) is 35.1 Å². The van der Waals surface area contributed by atoms with Crippen LogP contribution in [-0.2, 0) is 20.4 Å². The van der Waals surface area contributed by atoms with E-state index in [0.717, 1.165) is 22.3 Å². The molecule has 0 saturated heterocycles. The summed E-state index contributed by atoms with van der Waals surface area (Å²) in [6, 6.07) is 10.6. The molecule has 1 atom stereocenters. The van der Waals surface area contributed by atoms with Crippen LogP contribution in [0.15, 0.2) is 57.5 Å². The Balaban J connectivity index is 1.97. The van der Waals surface area contributed by atoms with Crippen LogP contribution in [0.3, 0.4) is 0 Å². The van der Waals surface area contributed by atoms with E-state index in [9.17, 15) is 14.7 Å². The van der Waals surface area contributed by atoms with Gasteiger partial charge in [0.2, 0.25) is 0 Å². The molecule has 3 aromatic rings.